The van der Waals surface area contributed by atoms with Crippen molar-refractivity contribution in [3.8, 4) is 0 Å². The molecule has 8 nitrogen and oxygen atoms in total. The van der Waals surface area contributed by atoms with E-state index in [-0.39, 0.29) is 20.8 Å². The van der Waals surface area contributed by atoms with E-state index in [9.17, 15) is 5.21 Å². The first-order chi connectivity index (χ1) is 8.24. The minimum Gasteiger partial charge on any atom is -0.691 e. The van der Waals surface area contributed by atoms with Crippen molar-refractivity contribution in [2.24, 2.45) is 10.2 Å². The van der Waals surface area contributed by atoms with Crippen molar-refractivity contribution in [3.63, 3.8) is 0 Å². The van der Waals surface area contributed by atoms with Crippen LogP contribution in [0.2, 0.25) is 0 Å². The van der Waals surface area contributed by atoms with E-state index in [2.05, 4.69) is 57.0 Å². The lowest BCUT2D eigenvalue weighted by atomic mass is 10.1. The zero-order chi connectivity index (χ0) is 13.9. The summed E-state index contributed by atoms with van der Waals surface area (Å²) in [4.78, 5) is 10.8. The van der Waals surface area contributed by atoms with Gasteiger partial charge in [-0.1, -0.05) is 0 Å². The minimum atomic E-state index is -0.561. The van der Waals surface area contributed by atoms with E-state index in [4.69, 9.17) is 5.53 Å². The van der Waals surface area contributed by atoms with E-state index in [1.54, 1.807) is 20.8 Å². The van der Waals surface area contributed by atoms with Crippen LogP contribution in [0.5, 0.6) is 0 Å². The molecule has 0 radical (unpaired) electrons. The highest BCUT2D eigenvalue weighted by Crippen LogP contribution is 2.30. The Morgan fingerprint density at radius 1 is 1.28 bits per heavy atom. The Hall–Kier alpha value is -1.25. The van der Waals surface area contributed by atoms with Crippen LogP contribution in [-0.2, 0) is 0 Å². The monoisotopic (exact) mass is 377 g/mol. The molecule has 0 bridgehead atoms. The summed E-state index contributed by atoms with van der Waals surface area (Å²) < 4.78 is 0.439. The lowest BCUT2D eigenvalue weighted by molar-refractivity contribution is -0.454. The number of nitrogens with zero attached hydrogens (tertiary/aromatic N) is 7. The van der Waals surface area contributed by atoms with Crippen molar-refractivity contribution in [1.29, 1.82) is 0 Å². The number of hydrogen-bond acceptors (Lipinski definition) is 5. The molecule has 0 spiro atoms. The van der Waals surface area contributed by atoms with Crippen molar-refractivity contribution in [2.75, 3.05) is 0 Å². The van der Waals surface area contributed by atoms with Crippen molar-refractivity contribution >= 4 is 43.5 Å². The lowest BCUT2D eigenvalue weighted by Crippen LogP contribution is -2.13. The molecule has 96 valence electrons. The highest BCUT2D eigenvalue weighted by molar-refractivity contribution is 9.11. The van der Waals surface area contributed by atoms with Crippen LogP contribution in [0.1, 0.15) is 20.8 Å². The maximum atomic E-state index is 11.8. The molecule has 0 aliphatic heterocycles. The number of halogens is 2. The molecule has 0 amide bonds. The molecule has 1 rings (SSSR count). The van der Waals surface area contributed by atoms with Crippen LogP contribution in [0.4, 0.5) is 11.6 Å². The standard InChI is InChI=1S/C8H9Br2N7O/c1-8(2,3)15-17(18)7-5(10)12-4(9)6(13-7)14-16-11/h1-3H3/b17-15-. The molecule has 0 saturated heterocycles. The summed E-state index contributed by atoms with van der Waals surface area (Å²) in [5.74, 6) is -0.101. The highest BCUT2D eigenvalue weighted by atomic mass is 79.9. The van der Waals surface area contributed by atoms with Crippen molar-refractivity contribution < 1.29 is 4.86 Å². The van der Waals surface area contributed by atoms with Crippen LogP contribution < -0.4 is 0 Å². The van der Waals surface area contributed by atoms with Crippen molar-refractivity contribution in [1.82, 2.24) is 9.97 Å². The number of aromatic nitrogens is 2. The molecule has 10 heteroatoms. The first kappa shape index (κ1) is 14.8. The fourth-order valence-corrected chi connectivity index (χ4v) is 1.93. The second kappa shape index (κ2) is 5.59. The molecule has 0 N–H and O–H groups in total. The van der Waals surface area contributed by atoms with Crippen LogP contribution in [0.3, 0.4) is 0 Å². The van der Waals surface area contributed by atoms with E-state index in [0.717, 1.165) is 0 Å². The van der Waals surface area contributed by atoms with Gasteiger partial charge in [0.1, 0.15) is 0 Å². The molecule has 0 aromatic carbocycles. The smallest absolute Gasteiger partial charge is 0.380 e. The van der Waals surface area contributed by atoms with Crippen molar-refractivity contribution in [3.05, 3.63) is 24.9 Å². The van der Waals surface area contributed by atoms with E-state index in [1.165, 1.54) is 0 Å². The van der Waals surface area contributed by atoms with Gasteiger partial charge in [0.05, 0.1) is 5.54 Å². The average molecular weight is 379 g/mol. The molecule has 0 fully saturated rings. The third-order valence-corrected chi connectivity index (χ3v) is 2.55. The van der Waals surface area contributed by atoms with Crippen LogP contribution in [-0.4, -0.2) is 20.4 Å². The Bertz CT molecular complexity index is 545. The van der Waals surface area contributed by atoms with Gasteiger partial charge >= 0.3 is 5.82 Å². The summed E-state index contributed by atoms with van der Waals surface area (Å²) >= 11 is 6.17. The van der Waals surface area contributed by atoms with Crippen LogP contribution in [0, 0.1) is 5.21 Å². The van der Waals surface area contributed by atoms with Crippen molar-refractivity contribution in [2.45, 2.75) is 26.3 Å². The molecule has 0 unspecified atom stereocenters. The number of hydrogen-bond donors (Lipinski definition) is 0. The van der Waals surface area contributed by atoms with E-state index in [0.29, 0.717) is 4.86 Å². The summed E-state index contributed by atoms with van der Waals surface area (Å²) in [7, 11) is 0. The third kappa shape index (κ3) is 3.90. The lowest BCUT2D eigenvalue weighted by Gasteiger charge is -2.13. The maximum Gasteiger partial charge on any atom is 0.380 e. The van der Waals surface area contributed by atoms with E-state index < -0.39 is 5.54 Å². The number of azide groups is 1. The van der Waals surface area contributed by atoms with Gasteiger partial charge < -0.3 is 5.21 Å². The molecule has 1 aromatic rings. The topological polar surface area (TPSA) is 113 Å². The summed E-state index contributed by atoms with van der Waals surface area (Å²) in [6.07, 6.45) is 0. The summed E-state index contributed by atoms with van der Waals surface area (Å²) in [6.45, 7) is 5.31. The minimum absolute atomic E-state index is 0.0272. The first-order valence-corrected chi connectivity index (χ1v) is 6.31. The second-order valence-corrected chi connectivity index (χ2v) is 5.69. The predicted molar refractivity (Wildman–Crippen MR) is 71.7 cm³/mol. The molecular weight excluding hydrogens is 370 g/mol. The first-order valence-electron chi connectivity index (χ1n) is 4.73. The Labute approximate surface area is 120 Å². The molecule has 0 aliphatic carbocycles. The van der Waals surface area contributed by atoms with Gasteiger partial charge in [-0.25, -0.2) is 4.98 Å². The fourth-order valence-electron chi connectivity index (χ4n) is 0.926. The Morgan fingerprint density at radius 3 is 2.39 bits per heavy atom. The molecule has 0 saturated carbocycles. The summed E-state index contributed by atoms with van der Waals surface area (Å²) in [5.41, 5.74) is 7.81. The van der Waals surface area contributed by atoms with Gasteiger partial charge in [0.15, 0.2) is 4.60 Å². The molecule has 0 aliphatic rings. The average Bonchev–Trinajstić information content (AvgIpc) is 2.19. The summed E-state index contributed by atoms with van der Waals surface area (Å²) in [5, 5.41) is 19.0. The largest absolute Gasteiger partial charge is 0.691 e. The predicted octanol–water partition coefficient (Wildman–Crippen LogP) is 4.34. The Balaban J connectivity index is 3.37. The van der Waals surface area contributed by atoms with Gasteiger partial charge in [0.2, 0.25) is 4.60 Å². The molecule has 0 atom stereocenters. The van der Waals surface area contributed by atoms with Gasteiger partial charge in [-0.3, -0.25) is 0 Å². The van der Waals surface area contributed by atoms with Crippen LogP contribution in [0.25, 0.3) is 10.4 Å². The summed E-state index contributed by atoms with van der Waals surface area (Å²) in [6, 6.07) is 0. The van der Waals surface area contributed by atoms with Crippen LogP contribution >= 0.6 is 31.9 Å². The van der Waals surface area contributed by atoms with Gasteiger partial charge in [-0.15, -0.1) is 9.97 Å². The Morgan fingerprint density at radius 2 is 1.89 bits per heavy atom. The Kier molecular flexibility index (Phi) is 4.60. The fraction of sp³-hybridized carbons (Fsp3) is 0.500. The molecular formula is C8H9Br2N7O. The van der Waals surface area contributed by atoms with E-state index in [1.807, 2.05) is 0 Å². The maximum absolute atomic E-state index is 11.8. The van der Waals surface area contributed by atoms with Crippen LogP contribution in [0.15, 0.2) is 19.4 Å². The zero-order valence-electron chi connectivity index (χ0n) is 9.79. The number of rotatable bonds is 2. The SMILES string of the molecule is CC(C)(C)/N=[N+](\[O-])c1nc(N=[N+]=[N-])c(Br)nc1Br. The molecule has 1 aromatic heterocycles. The number of azo groups is 1. The quantitative estimate of drug-likeness (QED) is 0.250. The van der Waals surface area contributed by atoms with Gasteiger partial charge in [-0.05, 0) is 68.3 Å². The molecule has 1 heterocycles. The molecule has 18 heavy (non-hydrogen) atoms. The van der Waals surface area contributed by atoms with Gasteiger partial charge in [0.25, 0.3) is 5.82 Å². The van der Waals surface area contributed by atoms with E-state index >= 15 is 0 Å². The second-order valence-electron chi connectivity index (χ2n) is 4.19. The van der Waals surface area contributed by atoms with Gasteiger partial charge in [-0.2, -0.15) is 0 Å². The van der Waals surface area contributed by atoms with Gasteiger partial charge in [0, 0.05) is 4.91 Å². The zero-order valence-corrected chi connectivity index (χ0v) is 13.0. The highest BCUT2D eigenvalue weighted by Gasteiger charge is 2.21. The third-order valence-electron chi connectivity index (χ3n) is 1.49. The normalized spacial score (nSPS) is 12.2.